The van der Waals surface area contributed by atoms with Crippen molar-refractivity contribution in [3.63, 3.8) is 0 Å². The quantitative estimate of drug-likeness (QED) is 0.714. The first kappa shape index (κ1) is 20.9. The van der Waals surface area contributed by atoms with Crippen LogP contribution in [0.2, 0.25) is 10.0 Å². The average molecular weight is 421 g/mol. The van der Waals surface area contributed by atoms with Gasteiger partial charge in [-0.1, -0.05) is 49.2 Å². The monoisotopic (exact) mass is 420 g/mol. The molecule has 28 heavy (non-hydrogen) atoms. The number of carbonyl (C=O) groups excluding carboxylic acids is 1. The zero-order valence-corrected chi connectivity index (χ0v) is 18.1. The van der Waals surface area contributed by atoms with Crippen molar-refractivity contribution >= 4 is 34.9 Å². The molecule has 0 atom stereocenters. The van der Waals surface area contributed by atoms with Crippen LogP contribution in [0.25, 0.3) is 0 Å². The van der Waals surface area contributed by atoms with Gasteiger partial charge >= 0.3 is 0 Å². The Hall–Kier alpha value is -1.85. The molecule has 1 amide bonds. The van der Waals surface area contributed by atoms with E-state index in [1.54, 1.807) is 6.07 Å². The molecule has 5 nitrogen and oxygen atoms in total. The molecule has 150 valence electrons. The van der Waals surface area contributed by atoms with Crippen molar-refractivity contribution in [3.8, 4) is 0 Å². The number of amides is 1. The van der Waals surface area contributed by atoms with Gasteiger partial charge < -0.3 is 9.80 Å². The Morgan fingerprint density at radius 3 is 2.54 bits per heavy atom. The van der Waals surface area contributed by atoms with Crippen LogP contribution in [0.1, 0.15) is 43.3 Å². The fourth-order valence-corrected chi connectivity index (χ4v) is 3.74. The predicted molar refractivity (Wildman–Crippen MR) is 114 cm³/mol. The van der Waals surface area contributed by atoms with Gasteiger partial charge in [0.05, 0.1) is 10.0 Å². The van der Waals surface area contributed by atoms with Crippen molar-refractivity contribution in [2.75, 3.05) is 31.1 Å². The van der Waals surface area contributed by atoms with E-state index in [2.05, 4.69) is 23.7 Å². The third-order valence-corrected chi connectivity index (χ3v) is 5.83. The summed E-state index contributed by atoms with van der Waals surface area (Å²) in [7, 11) is 0. The van der Waals surface area contributed by atoms with Crippen LogP contribution in [0.3, 0.4) is 0 Å². The molecule has 7 heteroatoms. The van der Waals surface area contributed by atoms with Crippen molar-refractivity contribution < 1.29 is 4.79 Å². The Labute approximate surface area is 176 Å². The number of carbonyl (C=O) groups is 1. The lowest BCUT2D eigenvalue weighted by Gasteiger charge is -2.35. The highest BCUT2D eigenvalue weighted by atomic mass is 35.5. The molecule has 0 unspecified atom stereocenters. The van der Waals surface area contributed by atoms with Crippen LogP contribution in [0.15, 0.2) is 24.3 Å². The van der Waals surface area contributed by atoms with Crippen LogP contribution in [-0.4, -0.2) is 47.0 Å². The minimum Gasteiger partial charge on any atom is -0.353 e. The molecule has 0 spiro atoms. The summed E-state index contributed by atoms with van der Waals surface area (Å²) in [5.41, 5.74) is 1.89. The highest BCUT2D eigenvalue weighted by Gasteiger charge is 2.23. The van der Waals surface area contributed by atoms with Gasteiger partial charge in [0.2, 0.25) is 5.91 Å². The van der Waals surface area contributed by atoms with Crippen LogP contribution in [0.4, 0.5) is 5.82 Å². The van der Waals surface area contributed by atoms with E-state index in [1.807, 2.05) is 30.0 Å². The summed E-state index contributed by atoms with van der Waals surface area (Å²) < 4.78 is 0. The number of benzene rings is 1. The number of anilines is 1. The molecule has 1 aliphatic rings. The summed E-state index contributed by atoms with van der Waals surface area (Å²) >= 11 is 12.3. The first-order valence-electron chi connectivity index (χ1n) is 9.66. The molecule has 0 bridgehead atoms. The number of aryl methyl sites for hydroxylation is 2. The Balaban J connectivity index is 1.56. The van der Waals surface area contributed by atoms with Crippen LogP contribution in [0.5, 0.6) is 0 Å². The minimum absolute atomic E-state index is 0.150. The normalized spacial score (nSPS) is 14.6. The van der Waals surface area contributed by atoms with Gasteiger partial charge in [-0.2, -0.15) is 0 Å². The molecule has 0 saturated carbocycles. The predicted octanol–water partition coefficient (Wildman–Crippen LogP) is 4.50. The second-order valence-corrected chi connectivity index (χ2v) is 8.25. The molecule has 1 fully saturated rings. The summed E-state index contributed by atoms with van der Waals surface area (Å²) in [6.45, 7) is 9.14. The highest BCUT2D eigenvalue weighted by Crippen LogP contribution is 2.26. The zero-order chi connectivity index (χ0) is 20.3. The first-order valence-corrected chi connectivity index (χ1v) is 10.4. The Morgan fingerprint density at radius 2 is 1.86 bits per heavy atom. The number of halogens is 2. The molecule has 0 aliphatic carbocycles. The molecule has 1 saturated heterocycles. The smallest absolute Gasteiger partial charge is 0.223 e. The lowest BCUT2D eigenvalue weighted by Crippen LogP contribution is -2.49. The molecule has 1 aromatic carbocycles. The summed E-state index contributed by atoms with van der Waals surface area (Å²) in [4.78, 5) is 26.0. The van der Waals surface area contributed by atoms with Crippen molar-refractivity contribution in [2.45, 2.75) is 39.5 Å². The van der Waals surface area contributed by atoms with Crippen LogP contribution in [-0.2, 0) is 11.2 Å². The topological polar surface area (TPSA) is 49.3 Å². The number of hydrogen-bond donors (Lipinski definition) is 0. The fraction of sp³-hybridized carbons (Fsp3) is 0.476. The molecule has 3 rings (SSSR count). The van der Waals surface area contributed by atoms with E-state index >= 15 is 0 Å². The standard InChI is InChI=1S/C21H26Cl2N4O/c1-14(2)21-24-15(3)13-18(25-21)26-9-11-27(12-10-26)19(28)8-7-16-5-4-6-17(22)20(16)23/h4-6,13-14H,7-12H2,1-3H3. The zero-order valence-electron chi connectivity index (χ0n) is 16.6. The molecule has 2 aromatic rings. The number of nitrogens with zero attached hydrogens (tertiary/aromatic N) is 4. The summed E-state index contributed by atoms with van der Waals surface area (Å²) in [5.74, 6) is 2.26. The highest BCUT2D eigenvalue weighted by molar-refractivity contribution is 6.42. The maximum absolute atomic E-state index is 12.6. The average Bonchev–Trinajstić information content (AvgIpc) is 2.68. The Bertz CT molecular complexity index is 848. The van der Waals surface area contributed by atoms with Gasteiger partial charge in [-0.05, 0) is 25.0 Å². The second-order valence-electron chi connectivity index (χ2n) is 7.46. The van der Waals surface area contributed by atoms with Crippen LogP contribution >= 0.6 is 23.2 Å². The van der Waals surface area contributed by atoms with E-state index in [4.69, 9.17) is 28.2 Å². The number of aromatic nitrogens is 2. The molecule has 1 aromatic heterocycles. The minimum atomic E-state index is 0.150. The van der Waals surface area contributed by atoms with Crippen molar-refractivity contribution in [3.05, 3.63) is 51.4 Å². The second kappa shape index (κ2) is 9.10. The first-order chi connectivity index (χ1) is 13.3. The number of rotatable bonds is 5. The summed E-state index contributed by atoms with van der Waals surface area (Å²) in [6, 6.07) is 7.56. The third kappa shape index (κ3) is 4.95. The van der Waals surface area contributed by atoms with Gasteiger partial charge in [0.1, 0.15) is 11.6 Å². The van der Waals surface area contributed by atoms with Crippen molar-refractivity contribution in [2.24, 2.45) is 0 Å². The molecular weight excluding hydrogens is 395 g/mol. The van der Waals surface area contributed by atoms with Gasteiger partial charge in [-0.25, -0.2) is 9.97 Å². The van der Waals surface area contributed by atoms with Crippen LogP contribution in [0, 0.1) is 6.92 Å². The summed E-state index contributed by atoms with van der Waals surface area (Å²) in [6.07, 6.45) is 1.03. The maximum Gasteiger partial charge on any atom is 0.223 e. The lowest BCUT2D eigenvalue weighted by molar-refractivity contribution is -0.131. The van der Waals surface area contributed by atoms with E-state index in [0.717, 1.165) is 36.0 Å². The van der Waals surface area contributed by atoms with E-state index < -0.39 is 0 Å². The molecule has 0 radical (unpaired) electrons. The lowest BCUT2D eigenvalue weighted by atomic mass is 10.1. The molecule has 0 N–H and O–H groups in total. The van der Waals surface area contributed by atoms with E-state index in [9.17, 15) is 4.79 Å². The molecule has 2 heterocycles. The fourth-order valence-electron chi connectivity index (χ4n) is 3.32. The summed E-state index contributed by atoms with van der Waals surface area (Å²) in [5, 5.41) is 1.07. The Morgan fingerprint density at radius 1 is 1.14 bits per heavy atom. The van der Waals surface area contributed by atoms with Crippen molar-refractivity contribution in [1.82, 2.24) is 14.9 Å². The molecular formula is C21H26Cl2N4O. The van der Waals surface area contributed by atoms with E-state index in [-0.39, 0.29) is 5.91 Å². The van der Waals surface area contributed by atoms with Gasteiger partial charge in [-0.15, -0.1) is 0 Å². The van der Waals surface area contributed by atoms with E-state index in [0.29, 0.717) is 41.9 Å². The van der Waals surface area contributed by atoms with Gasteiger partial charge in [0, 0.05) is 50.3 Å². The van der Waals surface area contributed by atoms with Crippen molar-refractivity contribution in [1.29, 1.82) is 0 Å². The number of hydrogen-bond acceptors (Lipinski definition) is 4. The molecule has 1 aliphatic heterocycles. The van der Waals surface area contributed by atoms with Crippen LogP contribution < -0.4 is 4.90 Å². The SMILES string of the molecule is Cc1cc(N2CCN(C(=O)CCc3cccc(Cl)c3Cl)CC2)nc(C(C)C)n1. The number of piperazine rings is 1. The largest absolute Gasteiger partial charge is 0.353 e. The van der Waals surface area contributed by atoms with E-state index in [1.165, 1.54) is 0 Å². The van der Waals surface area contributed by atoms with Gasteiger partial charge in [0.25, 0.3) is 0 Å². The third-order valence-electron chi connectivity index (χ3n) is 4.97. The van der Waals surface area contributed by atoms with Gasteiger partial charge in [-0.3, -0.25) is 4.79 Å². The maximum atomic E-state index is 12.6. The van der Waals surface area contributed by atoms with Gasteiger partial charge in [0.15, 0.2) is 0 Å². The Kier molecular flexibility index (Phi) is 6.78.